The third kappa shape index (κ3) is 33.0. The van der Waals surface area contributed by atoms with Crippen LogP contribution < -0.4 is 5.32 Å². The number of hydrogen-bond acceptors (Lipinski definition) is 8. The zero-order valence-electron chi connectivity index (χ0n) is 40.1. The Balaban J connectivity index is 2.20. The largest absolute Gasteiger partial charge is 0.394 e. The van der Waals surface area contributed by atoms with Crippen LogP contribution in [-0.4, -0.2) is 87.5 Å². The molecule has 0 aromatic heterocycles. The van der Waals surface area contributed by atoms with Crippen molar-refractivity contribution in [1.82, 2.24) is 5.32 Å². The fourth-order valence-electron chi connectivity index (χ4n) is 8.25. The minimum absolute atomic E-state index is 0.194. The zero-order chi connectivity index (χ0) is 45.1. The fraction of sp³-hybridized carbons (Fsp3) is 0.868. The van der Waals surface area contributed by atoms with Crippen molar-refractivity contribution in [2.24, 2.45) is 0 Å². The molecule has 1 heterocycles. The molecule has 1 amide bonds. The first-order chi connectivity index (χ1) is 30.3. The van der Waals surface area contributed by atoms with Crippen LogP contribution in [0.5, 0.6) is 0 Å². The van der Waals surface area contributed by atoms with Crippen molar-refractivity contribution >= 4 is 5.91 Å². The van der Waals surface area contributed by atoms with Crippen LogP contribution in [0.25, 0.3) is 0 Å². The quantitative estimate of drug-likeness (QED) is 0.0262. The lowest BCUT2D eigenvalue weighted by Crippen LogP contribution is -2.60. The molecule has 1 aliphatic heterocycles. The number of unbranched alkanes of at least 4 members (excludes halogenated alkanes) is 30. The molecule has 1 aliphatic rings. The molecule has 1 saturated heterocycles. The number of amides is 1. The predicted molar refractivity (Wildman–Crippen MR) is 258 cm³/mol. The second-order valence-electron chi connectivity index (χ2n) is 18.3. The molecule has 7 atom stereocenters. The summed E-state index contributed by atoms with van der Waals surface area (Å²) < 4.78 is 11.2. The van der Waals surface area contributed by atoms with Crippen molar-refractivity contribution in [2.45, 2.75) is 281 Å². The molecule has 364 valence electrons. The highest BCUT2D eigenvalue weighted by Crippen LogP contribution is 2.23. The van der Waals surface area contributed by atoms with Crippen LogP contribution >= 0.6 is 0 Å². The van der Waals surface area contributed by atoms with Crippen LogP contribution in [0.2, 0.25) is 0 Å². The molecule has 0 saturated carbocycles. The molecule has 1 rings (SSSR count). The number of hydrogen-bond donors (Lipinski definition) is 6. The van der Waals surface area contributed by atoms with Crippen LogP contribution in [0.1, 0.15) is 239 Å². The molecule has 0 bridgehead atoms. The van der Waals surface area contributed by atoms with E-state index in [0.717, 1.165) is 44.9 Å². The highest BCUT2D eigenvalue weighted by molar-refractivity contribution is 5.76. The number of allylic oxidation sites excluding steroid dienone is 5. The van der Waals surface area contributed by atoms with Crippen LogP contribution in [0, 0.1) is 0 Å². The summed E-state index contributed by atoms with van der Waals surface area (Å²) in [5.41, 5.74) is 0. The number of aliphatic hydroxyl groups excluding tert-OH is 5. The lowest BCUT2D eigenvalue weighted by atomic mass is 9.99. The second-order valence-corrected chi connectivity index (χ2v) is 18.3. The van der Waals surface area contributed by atoms with Crippen LogP contribution in [0.15, 0.2) is 36.5 Å². The number of rotatable bonds is 44. The Morgan fingerprint density at radius 1 is 0.532 bits per heavy atom. The summed E-state index contributed by atoms with van der Waals surface area (Å²) >= 11 is 0. The topological polar surface area (TPSA) is 149 Å². The molecule has 0 aromatic carbocycles. The Hall–Kier alpha value is -1.59. The van der Waals surface area contributed by atoms with Crippen LogP contribution in [0.3, 0.4) is 0 Å². The molecule has 1 fully saturated rings. The van der Waals surface area contributed by atoms with Gasteiger partial charge in [-0.3, -0.25) is 4.79 Å². The Labute approximate surface area is 381 Å². The van der Waals surface area contributed by atoms with Crippen molar-refractivity contribution in [3.8, 4) is 0 Å². The van der Waals surface area contributed by atoms with Crippen LogP contribution in [-0.2, 0) is 14.3 Å². The Morgan fingerprint density at radius 3 is 1.35 bits per heavy atom. The molecule has 6 N–H and O–H groups in total. The smallest absolute Gasteiger partial charge is 0.220 e. The van der Waals surface area contributed by atoms with Gasteiger partial charge >= 0.3 is 0 Å². The minimum atomic E-state index is -1.57. The molecular formula is C53H99NO8. The number of aliphatic hydroxyl groups is 5. The van der Waals surface area contributed by atoms with Gasteiger partial charge in [0.15, 0.2) is 6.29 Å². The SMILES string of the molecule is CCCCCCCCCCCCCCCCCCCCCC/C=C/CC/C=C/CC/C=C/C(O)C(COC1OC(CO)C(O)C(O)C1O)NC(=O)CCCCCCCCCCC. The normalized spacial score (nSPS) is 20.5. The van der Waals surface area contributed by atoms with Gasteiger partial charge in [0.05, 0.1) is 25.4 Å². The maximum atomic E-state index is 12.9. The van der Waals surface area contributed by atoms with E-state index in [-0.39, 0.29) is 12.5 Å². The first kappa shape index (κ1) is 58.4. The summed E-state index contributed by atoms with van der Waals surface area (Å²) in [6.07, 6.45) is 48.1. The summed E-state index contributed by atoms with van der Waals surface area (Å²) in [5, 5.41) is 54.1. The minimum Gasteiger partial charge on any atom is -0.394 e. The van der Waals surface area contributed by atoms with Gasteiger partial charge in [-0.05, 0) is 44.9 Å². The summed E-state index contributed by atoms with van der Waals surface area (Å²) in [6, 6.07) is -0.823. The number of ether oxygens (including phenoxy) is 2. The Bertz CT molecular complexity index is 1070. The fourth-order valence-corrected chi connectivity index (χ4v) is 8.25. The van der Waals surface area contributed by atoms with Crippen molar-refractivity contribution < 1.29 is 39.8 Å². The summed E-state index contributed by atoms with van der Waals surface area (Å²) in [4.78, 5) is 12.9. The van der Waals surface area contributed by atoms with E-state index < -0.39 is 49.5 Å². The maximum absolute atomic E-state index is 12.9. The first-order valence-corrected chi connectivity index (χ1v) is 26.2. The van der Waals surface area contributed by atoms with Gasteiger partial charge in [-0.2, -0.15) is 0 Å². The molecule has 0 aromatic rings. The van der Waals surface area contributed by atoms with Gasteiger partial charge in [0, 0.05) is 6.42 Å². The lowest BCUT2D eigenvalue weighted by molar-refractivity contribution is -0.302. The van der Waals surface area contributed by atoms with E-state index in [1.165, 1.54) is 173 Å². The lowest BCUT2D eigenvalue weighted by Gasteiger charge is -2.40. The summed E-state index contributed by atoms with van der Waals surface area (Å²) in [7, 11) is 0. The molecular weight excluding hydrogens is 779 g/mol. The average molecular weight is 878 g/mol. The van der Waals surface area contributed by atoms with Gasteiger partial charge in [-0.15, -0.1) is 0 Å². The highest BCUT2D eigenvalue weighted by Gasteiger charge is 2.44. The van der Waals surface area contributed by atoms with Crippen molar-refractivity contribution in [1.29, 1.82) is 0 Å². The van der Waals surface area contributed by atoms with E-state index in [0.29, 0.717) is 6.42 Å². The first-order valence-electron chi connectivity index (χ1n) is 26.2. The van der Waals surface area contributed by atoms with E-state index in [1.807, 2.05) is 6.08 Å². The van der Waals surface area contributed by atoms with E-state index in [1.54, 1.807) is 6.08 Å². The third-order valence-electron chi connectivity index (χ3n) is 12.4. The Kier molecular flexibility index (Phi) is 40.8. The number of carbonyl (C=O) groups is 1. The molecule has 62 heavy (non-hydrogen) atoms. The van der Waals surface area contributed by atoms with Crippen molar-refractivity contribution in [2.75, 3.05) is 13.2 Å². The van der Waals surface area contributed by atoms with Gasteiger partial charge in [-0.25, -0.2) is 0 Å². The third-order valence-corrected chi connectivity index (χ3v) is 12.4. The summed E-state index contributed by atoms with van der Waals surface area (Å²) in [6.45, 7) is 3.73. The predicted octanol–water partition coefficient (Wildman–Crippen LogP) is 12.0. The Morgan fingerprint density at radius 2 is 0.919 bits per heavy atom. The molecule has 0 radical (unpaired) electrons. The molecule has 9 nitrogen and oxygen atoms in total. The van der Waals surface area contributed by atoms with Gasteiger partial charge in [0.25, 0.3) is 0 Å². The second kappa shape index (κ2) is 43.3. The van der Waals surface area contributed by atoms with E-state index in [4.69, 9.17) is 9.47 Å². The van der Waals surface area contributed by atoms with Gasteiger partial charge < -0.3 is 40.3 Å². The highest BCUT2D eigenvalue weighted by atomic mass is 16.7. The standard InChI is InChI=1S/C53H99NO8/c1-3-5-7-9-11-13-14-15-16-17-18-19-20-21-22-23-24-25-26-27-28-29-30-31-32-33-35-36-38-40-42-47(56)46(45-61-53-52(60)51(59)50(58)48(44-55)62-53)54-49(57)43-41-39-37-34-12-10-8-6-4-2/h29-30,33,35,40,42,46-48,50-53,55-56,58-60H,3-28,31-32,34,36-39,41,43-45H2,1-2H3,(H,54,57)/b30-29+,35-33+,42-40+. The number of nitrogens with one attached hydrogen (secondary N) is 1. The van der Waals surface area contributed by atoms with Gasteiger partial charge in [0.1, 0.15) is 24.4 Å². The summed E-state index contributed by atoms with van der Waals surface area (Å²) in [5.74, 6) is -0.194. The van der Waals surface area contributed by atoms with Crippen LogP contribution in [0.4, 0.5) is 0 Å². The molecule has 0 aliphatic carbocycles. The molecule has 7 unspecified atom stereocenters. The van der Waals surface area contributed by atoms with Gasteiger partial charge in [0.2, 0.25) is 5.91 Å². The number of carbonyl (C=O) groups excluding carboxylic acids is 1. The maximum Gasteiger partial charge on any atom is 0.220 e. The molecule has 9 heteroatoms. The van der Waals surface area contributed by atoms with E-state index in [2.05, 4.69) is 43.5 Å². The van der Waals surface area contributed by atoms with Crippen molar-refractivity contribution in [3.05, 3.63) is 36.5 Å². The van der Waals surface area contributed by atoms with E-state index >= 15 is 0 Å². The molecule has 0 spiro atoms. The zero-order valence-corrected chi connectivity index (χ0v) is 40.1. The van der Waals surface area contributed by atoms with Gasteiger partial charge in [-0.1, -0.05) is 224 Å². The van der Waals surface area contributed by atoms with Crippen molar-refractivity contribution in [3.63, 3.8) is 0 Å². The monoisotopic (exact) mass is 878 g/mol. The van der Waals surface area contributed by atoms with E-state index in [9.17, 15) is 30.3 Å². The average Bonchev–Trinajstić information content (AvgIpc) is 3.27.